The highest BCUT2D eigenvalue weighted by atomic mass is 16.5. The van der Waals surface area contributed by atoms with Crippen LogP contribution in [0.2, 0.25) is 0 Å². The normalized spacial score (nSPS) is 48.9. The van der Waals surface area contributed by atoms with Crippen LogP contribution in [0, 0.1) is 34.5 Å². The maximum atomic E-state index is 12.2. The number of Topliss-reactive ketones (excluding diaryl/α,β-unsaturated/α-hetero) is 1. The molecule has 0 aromatic rings. The average Bonchev–Trinajstić information content (AvgIpc) is 2.85. The fraction of sp³-hybridized carbons (Fsp3) is 0.818. The van der Waals surface area contributed by atoms with Crippen LogP contribution in [-0.2, 0) is 14.3 Å². The Labute approximate surface area is 151 Å². The van der Waals surface area contributed by atoms with Crippen molar-refractivity contribution in [2.45, 2.75) is 78.7 Å². The smallest absolute Gasteiger partial charge is 0.302 e. The minimum atomic E-state index is -0.131. The van der Waals surface area contributed by atoms with Crippen LogP contribution in [-0.4, -0.2) is 17.9 Å². The quantitative estimate of drug-likeness (QED) is 0.648. The number of ether oxygens (including phenoxy) is 1. The molecule has 0 bridgehead atoms. The second-order valence-corrected chi connectivity index (χ2v) is 9.69. The van der Waals surface area contributed by atoms with E-state index >= 15 is 0 Å². The van der Waals surface area contributed by atoms with Crippen LogP contribution in [0.5, 0.6) is 0 Å². The maximum absolute atomic E-state index is 12.2. The molecule has 3 fully saturated rings. The number of allylic oxidation sites excluding steroid dienone is 2. The lowest BCUT2D eigenvalue weighted by molar-refractivity contribution is -0.158. The Kier molecular flexibility index (Phi) is 3.94. The van der Waals surface area contributed by atoms with Crippen molar-refractivity contribution in [3.8, 4) is 0 Å². The Morgan fingerprint density at radius 2 is 1.88 bits per heavy atom. The zero-order valence-electron chi connectivity index (χ0n) is 16.1. The van der Waals surface area contributed by atoms with Crippen LogP contribution in [0.1, 0.15) is 72.6 Å². The van der Waals surface area contributed by atoms with Gasteiger partial charge in [-0.05, 0) is 80.1 Å². The highest BCUT2D eigenvalue weighted by Gasteiger charge is 2.60. The predicted molar refractivity (Wildman–Crippen MR) is 96.8 cm³/mol. The van der Waals surface area contributed by atoms with Gasteiger partial charge in [-0.3, -0.25) is 9.59 Å². The summed E-state index contributed by atoms with van der Waals surface area (Å²) in [6.07, 6.45) is 10.2. The van der Waals surface area contributed by atoms with Gasteiger partial charge in [0.15, 0.2) is 5.78 Å². The summed E-state index contributed by atoms with van der Waals surface area (Å²) in [5.74, 6) is 2.83. The SMILES string of the molecule is CC(=O)OC1CCC2C3CC[C@H]4CC(=O)C(C)=CC4(C)C3CCC12C. The molecule has 25 heavy (non-hydrogen) atoms. The molecule has 0 heterocycles. The summed E-state index contributed by atoms with van der Waals surface area (Å²) in [6.45, 7) is 8.34. The van der Waals surface area contributed by atoms with Crippen molar-refractivity contribution in [1.82, 2.24) is 0 Å². The largest absolute Gasteiger partial charge is 0.462 e. The van der Waals surface area contributed by atoms with Crippen molar-refractivity contribution in [1.29, 1.82) is 0 Å². The monoisotopic (exact) mass is 344 g/mol. The molecule has 0 aromatic heterocycles. The molecule has 4 rings (SSSR count). The Balaban J connectivity index is 1.64. The number of esters is 1. The topological polar surface area (TPSA) is 43.4 Å². The zero-order valence-corrected chi connectivity index (χ0v) is 16.1. The number of hydrogen-bond donors (Lipinski definition) is 0. The minimum Gasteiger partial charge on any atom is -0.462 e. The molecular weight excluding hydrogens is 312 g/mol. The van der Waals surface area contributed by atoms with Crippen molar-refractivity contribution >= 4 is 11.8 Å². The second-order valence-electron chi connectivity index (χ2n) is 9.69. The average molecular weight is 344 g/mol. The van der Waals surface area contributed by atoms with E-state index in [0.29, 0.717) is 23.5 Å². The molecule has 0 aromatic carbocycles. The van der Waals surface area contributed by atoms with Crippen LogP contribution in [0.25, 0.3) is 0 Å². The van der Waals surface area contributed by atoms with E-state index in [4.69, 9.17) is 4.74 Å². The summed E-state index contributed by atoms with van der Waals surface area (Å²) in [5.41, 5.74) is 1.32. The Morgan fingerprint density at radius 1 is 1.12 bits per heavy atom. The molecule has 3 nitrogen and oxygen atoms in total. The third-order valence-corrected chi connectivity index (χ3v) is 8.58. The lowest BCUT2D eigenvalue weighted by atomic mass is 9.46. The molecule has 4 aliphatic carbocycles. The molecule has 7 atom stereocenters. The van der Waals surface area contributed by atoms with Crippen molar-refractivity contribution in [2.75, 3.05) is 0 Å². The highest BCUT2D eigenvalue weighted by Crippen LogP contribution is 2.65. The lowest BCUT2D eigenvalue weighted by Crippen LogP contribution is -2.53. The molecule has 3 heteroatoms. The third-order valence-electron chi connectivity index (χ3n) is 8.58. The van der Waals surface area contributed by atoms with Gasteiger partial charge in [0.2, 0.25) is 0 Å². The van der Waals surface area contributed by atoms with Gasteiger partial charge < -0.3 is 4.74 Å². The summed E-state index contributed by atoms with van der Waals surface area (Å²) in [5, 5.41) is 0. The van der Waals surface area contributed by atoms with E-state index < -0.39 is 0 Å². The molecule has 0 spiro atoms. The van der Waals surface area contributed by atoms with Gasteiger partial charge >= 0.3 is 5.97 Å². The van der Waals surface area contributed by atoms with Gasteiger partial charge in [0.05, 0.1) is 0 Å². The molecule has 138 valence electrons. The highest BCUT2D eigenvalue weighted by molar-refractivity contribution is 5.96. The molecule has 0 saturated heterocycles. The first-order chi connectivity index (χ1) is 11.8. The summed E-state index contributed by atoms with van der Waals surface area (Å²) >= 11 is 0. The number of carbonyl (C=O) groups is 2. The van der Waals surface area contributed by atoms with Crippen LogP contribution in [0.3, 0.4) is 0 Å². The first kappa shape index (κ1) is 17.3. The molecule has 0 radical (unpaired) electrons. The van der Waals surface area contributed by atoms with Gasteiger partial charge in [-0.25, -0.2) is 0 Å². The van der Waals surface area contributed by atoms with E-state index in [1.54, 1.807) is 6.92 Å². The summed E-state index contributed by atoms with van der Waals surface area (Å²) in [7, 11) is 0. The summed E-state index contributed by atoms with van der Waals surface area (Å²) in [6, 6.07) is 0. The lowest BCUT2D eigenvalue weighted by Gasteiger charge is -2.59. The second kappa shape index (κ2) is 5.69. The van der Waals surface area contributed by atoms with E-state index in [0.717, 1.165) is 30.8 Å². The standard InChI is InChI=1S/C22H32O3/c1-13-12-22(4)15(11-19(13)24)5-6-16-17-7-8-20(25-14(2)23)21(17,3)10-9-18(16)22/h12,15-18,20H,5-11H2,1-4H3/t15-,16?,17?,18?,20?,21?,22?/m0/s1. The number of carbonyl (C=O) groups excluding carboxylic acids is 2. The molecule has 0 amide bonds. The molecule has 3 saturated carbocycles. The van der Waals surface area contributed by atoms with Crippen molar-refractivity contribution < 1.29 is 14.3 Å². The van der Waals surface area contributed by atoms with Crippen LogP contribution < -0.4 is 0 Å². The van der Waals surface area contributed by atoms with E-state index in [1.165, 1.54) is 25.7 Å². The van der Waals surface area contributed by atoms with E-state index in [-0.39, 0.29) is 22.9 Å². The number of rotatable bonds is 1. The Hall–Kier alpha value is -1.12. The Morgan fingerprint density at radius 3 is 2.60 bits per heavy atom. The van der Waals surface area contributed by atoms with Gasteiger partial charge in [0.25, 0.3) is 0 Å². The van der Waals surface area contributed by atoms with Crippen molar-refractivity contribution in [3.05, 3.63) is 11.6 Å². The Bertz CT molecular complexity index is 635. The van der Waals surface area contributed by atoms with Crippen molar-refractivity contribution in [2.24, 2.45) is 34.5 Å². The van der Waals surface area contributed by atoms with Gasteiger partial charge in [-0.2, -0.15) is 0 Å². The fourth-order valence-corrected chi connectivity index (χ4v) is 7.29. The number of ketones is 1. The molecule has 4 aliphatic rings. The zero-order chi connectivity index (χ0) is 18.0. The molecule has 0 N–H and O–H groups in total. The first-order valence-corrected chi connectivity index (χ1v) is 10.2. The third kappa shape index (κ3) is 2.44. The summed E-state index contributed by atoms with van der Waals surface area (Å²) in [4.78, 5) is 23.8. The van der Waals surface area contributed by atoms with Gasteiger partial charge in [0, 0.05) is 18.8 Å². The molecule has 6 unspecified atom stereocenters. The number of fused-ring (bicyclic) bond motifs is 5. The maximum Gasteiger partial charge on any atom is 0.302 e. The molecular formula is C22H32O3. The van der Waals surface area contributed by atoms with E-state index in [2.05, 4.69) is 19.9 Å². The fourth-order valence-electron chi connectivity index (χ4n) is 7.29. The van der Waals surface area contributed by atoms with E-state index in [1.807, 2.05) is 6.92 Å². The van der Waals surface area contributed by atoms with Crippen molar-refractivity contribution in [3.63, 3.8) is 0 Å². The number of hydrogen-bond acceptors (Lipinski definition) is 3. The minimum absolute atomic E-state index is 0.103. The predicted octanol–water partition coefficient (Wildman–Crippen LogP) is 4.70. The summed E-state index contributed by atoms with van der Waals surface area (Å²) < 4.78 is 5.73. The van der Waals surface area contributed by atoms with Crippen LogP contribution in [0.15, 0.2) is 11.6 Å². The van der Waals surface area contributed by atoms with Gasteiger partial charge in [0.1, 0.15) is 6.10 Å². The van der Waals surface area contributed by atoms with Crippen LogP contribution >= 0.6 is 0 Å². The molecule has 0 aliphatic heterocycles. The van der Waals surface area contributed by atoms with E-state index in [9.17, 15) is 9.59 Å². The first-order valence-electron chi connectivity index (χ1n) is 10.2. The van der Waals surface area contributed by atoms with Gasteiger partial charge in [-0.1, -0.05) is 19.9 Å². The van der Waals surface area contributed by atoms with Crippen LogP contribution in [0.4, 0.5) is 0 Å². The van der Waals surface area contributed by atoms with Gasteiger partial charge in [-0.15, -0.1) is 0 Å².